The van der Waals surface area contributed by atoms with Crippen LogP contribution in [0.25, 0.3) is 10.8 Å². The molecule has 0 saturated carbocycles. The highest BCUT2D eigenvalue weighted by Gasteiger charge is 2.14. The second-order valence-electron chi connectivity index (χ2n) is 7.41. The number of carboxylic acid groups (broad SMARTS) is 1. The topological polar surface area (TPSA) is 84.2 Å². The zero-order chi connectivity index (χ0) is 21.6. The maximum absolute atomic E-state index is 13.1. The van der Waals surface area contributed by atoms with Gasteiger partial charge in [0.25, 0.3) is 5.91 Å². The van der Waals surface area contributed by atoms with Crippen LogP contribution in [0.2, 0.25) is 0 Å². The van der Waals surface area contributed by atoms with Gasteiger partial charge in [0.05, 0.1) is 6.54 Å². The van der Waals surface area contributed by atoms with Gasteiger partial charge in [-0.15, -0.1) is 0 Å². The van der Waals surface area contributed by atoms with Crippen molar-refractivity contribution >= 4 is 22.6 Å². The number of fused-ring (bicyclic) bond motifs is 1. The number of hydrogen-bond acceptors (Lipinski definition) is 3. The molecule has 1 heterocycles. The summed E-state index contributed by atoms with van der Waals surface area (Å²) in [5.74, 6) is -1.10. The molecule has 0 saturated heterocycles. The molecule has 6 nitrogen and oxygen atoms in total. The number of aryl methyl sites for hydroxylation is 1. The van der Waals surface area contributed by atoms with Crippen molar-refractivity contribution in [3.63, 3.8) is 0 Å². The average molecular weight is 413 g/mol. The summed E-state index contributed by atoms with van der Waals surface area (Å²) in [4.78, 5) is 24.1. The predicted molar refractivity (Wildman–Crippen MR) is 119 cm³/mol. The van der Waals surface area contributed by atoms with E-state index >= 15 is 0 Å². The summed E-state index contributed by atoms with van der Waals surface area (Å²) in [6.45, 7) is 0.928. The van der Waals surface area contributed by atoms with E-state index in [0.717, 1.165) is 27.5 Å². The summed E-state index contributed by atoms with van der Waals surface area (Å²) in [5.41, 5.74) is 3.19. The molecule has 0 fully saturated rings. The molecule has 0 radical (unpaired) electrons. The Morgan fingerprint density at radius 2 is 1.81 bits per heavy atom. The van der Waals surface area contributed by atoms with Crippen molar-refractivity contribution in [2.75, 3.05) is 0 Å². The number of carboxylic acids is 1. The summed E-state index contributed by atoms with van der Waals surface area (Å²) in [7, 11) is 0. The molecule has 0 aliphatic heterocycles. The van der Waals surface area contributed by atoms with Crippen molar-refractivity contribution in [1.29, 1.82) is 0 Å². The summed E-state index contributed by atoms with van der Waals surface area (Å²) in [6, 6.07) is 21.5. The third-order valence-corrected chi connectivity index (χ3v) is 5.25. The Bertz CT molecular complexity index is 1210. The molecular weight excluding hydrogens is 390 g/mol. The molecule has 4 rings (SSSR count). The van der Waals surface area contributed by atoms with Crippen LogP contribution in [0, 0.1) is 0 Å². The minimum atomic E-state index is -0.886. The van der Waals surface area contributed by atoms with Crippen LogP contribution >= 0.6 is 0 Å². The third kappa shape index (κ3) is 4.98. The molecule has 0 atom stereocenters. The first-order chi connectivity index (χ1) is 15.1. The lowest BCUT2D eigenvalue weighted by atomic mass is 9.99. The number of aromatic nitrogens is 2. The lowest BCUT2D eigenvalue weighted by molar-refractivity contribution is -0.136. The molecular formula is C25H23N3O3. The highest BCUT2D eigenvalue weighted by Crippen LogP contribution is 2.19. The van der Waals surface area contributed by atoms with Crippen molar-refractivity contribution in [3.8, 4) is 0 Å². The van der Waals surface area contributed by atoms with Crippen LogP contribution in [0.1, 0.15) is 33.5 Å². The minimum absolute atomic E-state index is 0.0257. The van der Waals surface area contributed by atoms with Gasteiger partial charge in [0.1, 0.15) is 0 Å². The van der Waals surface area contributed by atoms with Crippen molar-refractivity contribution in [2.45, 2.75) is 25.9 Å². The van der Waals surface area contributed by atoms with Crippen LogP contribution in [-0.4, -0.2) is 26.8 Å². The van der Waals surface area contributed by atoms with Gasteiger partial charge in [0.15, 0.2) is 0 Å². The smallest absolute Gasteiger partial charge is 0.303 e. The first kappa shape index (κ1) is 20.3. The van der Waals surface area contributed by atoms with Crippen molar-refractivity contribution in [3.05, 3.63) is 101 Å². The highest BCUT2D eigenvalue weighted by molar-refractivity contribution is 5.96. The summed E-state index contributed by atoms with van der Waals surface area (Å²) in [5, 5.41) is 18.5. The summed E-state index contributed by atoms with van der Waals surface area (Å²) in [6.07, 6.45) is 3.84. The molecule has 156 valence electrons. The number of rotatable bonds is 8. The molecule has 4 aromatic rings. The molecule has 3 aromatic carbocycles. The maximum Gasteiger partial charge on any atom is 0.303 e. The fourth-order valence-electron chi connectivity index (χ4n) is 3.69. The Kier molecular flexibility index (Phi) is 6.08. The maximum atomic E-state index is 13.1. The van der Waals surface area contributed by atoms with Crippen LogP contribution in [0.5, 0.6) is 0 Å². The first-order valence-corrected chi connectivity index (χ1v) is 10.2. The van der Waals surface area contributed by atoms with Gasteiger partial charge in [-0.25, -0.2) is 0 Å². The Morgan fingerprint density at radius 3 is 2.61 bits per heavy atom. The van der Waals surface area contributed by atoms with E-state index in [0.29, 0.717) is 25.1 Å². The molecule has 0 unspecified atom stereocenters. The lowest BCUT2D eigenvalue weighted by Gasteiger charge is -2.13. The number of aliphatic carboxylic acids is 1. The molecule has 0 spiro atoms. The second-order valence-corrected chi connectivity index (χ2v) is 7.41. The van der Waals surface area contributed by atoms with E-state index in [2.05, 4.69) is 10.4 Å². The monoisotopic (exact) mass is 413 g/mol. The van der Waals surface area contributed by atoms with Crippen LogP contribution < -0.4 is 5.32 Å². The normalized spacial score (nSPS) is 10.8. The Morgan fingerprint density at radius 1 is 0.968 bits per heavy atom. The number of nitrogens with one attached hydrogen (secondary N) is 1. The zero-order valence-corrected chi connectivity index (χ0v) is 17.0. The predicted octanol–water partition coefficient (Wildman–Crippen LogP) is 4.03. The van der Waals surface area contributed by atoms with E-state index in [-0.39, 0.29) is 12.3 Å². The lowest BCUT2D eigenvalue weighted by Crippen LogP contribution is -2.24. The van der Waals surface area contributed by atoms with Crippen molar-refractivity contribution in [1.82, 2.24) is 15.1 Å². The average Bonchev–Trinajstić information content (AvgIpc) is 3.29. The van der Waals surface area contributed by atoms with Gasteiger partial charge in [0.2, 0.25) is 0 Å². The van der Waals surface area contributed by atoms with E-state index in [1.54, 1.807) is 10.9 Å². The number of carbonyl (C=O) groups is 2. The fourth-order valence-corrected chi connectivity index (χ4v) is 3.69. The number of amides is 1. The highest BCUT2D eigenvalue weighted by atomic mass is 16.4. The molecule has 31 heavy (non-hydrogen) atoms. The molecule has 1 amide bonds. The van der Waals surface area contributed by atoms with E-state index in [1.807, 2.05) is 72.9 Å². The van der Waals surface area contributed by atoms with Crippen LogP contribution in [0.4, 0.5) is 0 Å². The molecule has 2 N–H and O–H groups in total. The Balaban J connectivity index is 1.57. The molecule has 6 heteroatoms. The quantitative estimate of drug-likeness (QED) is 0.457. The zero-order valence-electron chi connectivity index (χ0n) is 17.0. The van der Waals surface area contributed by atoms with Crippen molar-refractivity contribution in [2.24, 2.45) is 0 Å². The molecule has 0 bridgehead atoms. The van der Waals surface area contributed by atoms with Gasteiger partial charge in [-0.3, -0.25) is 14.3 Å². The molecule has 0 aliphatic carbocycles. The van der Waals surface area contributed by atoms with E-state index < -0.39 is 5.97 Å². The van der Waals surface area contributed by atoms with E-state index in [1.165, 1.54) is 0 Å². The standard InChI is InChI=1S/C25H23N3O3/c29-24(30)12-11-20-10-9-18(17-28-14-4-13-27-28)15-23(20)25(31)26-16-21-7-3-6-19-5-1-2-8-22(19)21/h1-10,13-15H,11-12,16-17H2,(H,26,31)(H,29,30). The Labute approximate surface area is 180 Å². The van der Waals surface area contributed by atoms with Gasteiger partial charge in [0, 0.05) is 30.9 Å². The van der Waals surface area contributed by atoms with Gasteiger partial charge >= 0.3 is 5.97 Å². The SMILES string of the molecule is O=C(O)CCc1ccc(Cn2cccn2)cc1C(=O)NCc1cccc2ccccc12. The number of carbonyl (C=O) groups excluding carboxylic acids is 1. The molecule has 1 aromatic heterocycles. The third-order valence-electron chi connectivity index (χ3n) is 5.25. The van der Waals surface area contributed by atoms with Gasteiger partial charge in [-0.05, 0) is 46.0 Å². The minimum Gasteiger partial charge on any atom is -0.481 e. The van der Waals surface area contributed by atoms with Crippen molar-refractivity contribution < 1.29 is 14.7 Å². The molecule has 0 aliphatic rings. The van der Waals surface area contributed by atoms with Crippen LogP contribution in [0.3, 0.4) is 0 Å². The second kappa shape index (κ2) is 9.26. The largest absolute Gasteiger partial charge is 0.481 e. The van der Waals surface area contributed by atoms with Gasteiger partial charge < -0.3 is 10.4 Å². The van der Waals surface area contributed by atoms with Crippen LogP contribution in [-0.2, 0) is 24.3 Å². The van der Waals surface area contributed by atoms with Gasteiger partial charge in [-0.1, -0.05) is 54.6 Å². The number of hydrogen-bond donors (Lipinski definition) is 2. The van der Waals surface area contributed by atoms with Crippen LogP contribution in [0.15, 0.2) is 79.1 Å². The van der Waals surface area contributed by atoms with E-state index in [9.17, 15) is 9.59 Å². The first-order valence-electron chi connectivity index (χ1n) is 10.2. The Hall–Kier alpha value is -3.93. The summed E-state index contributed by atoms with van der Waals surface area (Å²) >= 11 is 0. The fraction of sp³-hybridized carbons (Fsp3) is 0.160. The number of benzene rings is 3. The number of nitrogens with zero attached hydrogens (tertiary/aromatic N) is 2. The van der Waals surface area contributed by atoms with Gasteiger partial charge in [-0.2, -0.15) is 5.10 Å². The van der Waals surface area contributed by atoms with E-state index in [4.69, 9.17) is 5.11 Å². The summed E-state index contributed by atoms with van der Waals surface area (Å²) < 4.78 is 1.78.